The molecule has 1 aliphatic heterocycles. The summed E-state index contributed by atoms with van der Waals surface area (Å²) in [4.78, 5) is 6.99. The third-order valence-electron chi connectivity index (χ3n) is 5.42. The molecule has 3 aliphatic rings. The summed E-state index contributed by atoms with van der Waals surface area (Å²) in [6.45, 7) is 2.58. The van der Waals surface area contributed by atoms with E-state index >= 15 is 0 Å². The molecule has 0 aromatic rings. The molecule has 0 bridgehead atoms. The van der Waals surface area contributed by atoms with Gasteiger partial charge in [0.25, 0.3) is 0 Å². The zero-order valence-electron chi connectivity index (χ0n) is 11.4. The van der Waals surface area contributed by atoms with Gasteiger partial charge in [-0.1, -0.05) is 12.8 Å². The van der Waals surface area contributed by atoms with Crippen molar-refractivity contribution in [2.75, 3.05) is 26.8 Å². The van der Waals surface area contributed by atoms with Crippen molar-refractivity contribution in [1.82, 2.24) is 4.90 Å². The average molecular weight is 251 g/mol. The number of aliphatic imine (C=N–C) groups is 1. The van der Waals surface area contributed by atoms with Crippen molar-refractivity contribution in [2.45, 2.75) is 44.1 Å². The number of nitrogens with zero attached hydrogens (tertiary/aromatic N) is 2. The number of ether oxygens (including phenoxy) is 1. The van der Waals surface area contributed by atoms with Crippen molar-refractivity contribution in [3.8, 4) is 0 Å². The van der Waals surface area contributed by atoms with Gasteiger partial charge in [0.2, 0.25) is 0 Å². The Kier molecular flexibility index (Phi) is 3.22. The van der Waals surface area contributed by atoms with Crippen molar-refractivity contribution in [3.05, 3.63) is 0 Å². The Balaban J connectivity index is 1.82. The summed E-state index contributed by atoms with van der Waals surface area (Å²) < 4.78 is 5.26. The molecule has 0 spiro atoms. The molecule has 0 aromatic carbocycles. The van der Waals surface area contributed by atoms with Crippen molar-refractivity contribution in [3.63, 3.8) is 0 Å². The largest absolute Gasteiger partial charge is 0.383 e. The average Bonchev–Trinajstić information content (AvgIpc) is 2.49. The predicted octanol–water partition coefficient (Wildman–Crippen LogP) is 1.60. The smallest absolute Gasteiger partial charge is 0.191 e. The molecule has 18 heavy (non-hydrogen) atoms. The maximum atomic E-state index is 6.15. The lowest BCUT2D eigenvalue weighted by Gasteiger charge is -2.55. The number of hydrogen-bond acceptors (Lipinski definition) is 4. The number of methoxy groups -OCH3 is 1. The SMILES string of the molecule is COCCN1C(N)=NCC1(C1CCC1)C1CCC1. The lowest BCUT2D eigenvalue weighted by atomic mass is 9.59. The summed E-state index contributed by atoms with van der Waals surface area (Å²) in [5, 5.41) is 0. The molecule has 0 amide bonds. The molecule has 0 aromatic heterocycles. The summed E-state index contributed by atoms with van der Waals surface area (Å²) >= 11 is 0. The maximum absolute atomic E-state index is 6.15. The van der Waals surface area contributed by atoms with Crippen LogP contribution in [-0.2, 0) is 4.74 Å². The van der Waals surface area contributed by atoms with Crippen molar-refractivity contribution in [2.24, 2.45) is 22.6 Å². The molecule has 4 nitrogen and oxygen atoms in total. The maximum Gasteiger partial charge on any atom is 0.191 e. The van der Waals surface area contributed by atoms with Gasteiger partial charge in [-0.3, -0.25) is 4.99 Å². The lowest BCUT2D eigenvalue weighted by Crippen LogP contribution is -2.64. The number of rotatable bonds is 5. The highest BCUT2D eigenvalue weighted by Gasteiger charge is 2.55. The topological polar surface area (TPSA) is 50.9 Å². The first-order valence-electron chi connectivity index (χ1n) is 7.35. The second kappa shape index (κ2) is 4.72. The van der Waals surface area contributed by atoms with E-state index in [-0.39, 0.29) is 5.54 Å². The van der Waals surface area contributed by atoms with E-state index in [1.807, 2.05) is 0 Å². The zero-order valence-corrected chi connectivity index (χ0v) is 11.4. The van der Waals surface area contributed by atoms with E-state index in [1.54, 1.807) is 7.11 Å². The molecule has 2 fully saturated rings. The van der Waals surface area contributed by atoms with Crippen LogP contribution >= 0.6 is 0 Å². The normalized spacial score (nSPS) is 27.8. The fourth-order valence-corrected chi connectivity index (χ4v) is 3.95. The van der Waals surface area contributed by atoms with Gasteiger partial charge in [-0.05, 0) is 37.5 Å². The van der Waals surface area contributed by atoms with Gasteiger partial charge in [-0.2, -0.15) is 0 Å². The minimum Gasteiger partial charge on any atom is -0.383 e. The molecule has 3 rings (SSSR count). The van der Waals surface area contributed by atoms with Crippen LogP contribution in [0.3, 0.4) is 0 Å². The number of nitrogens with two attached hydrogens (primary N) is 1. The number of hydrogen-bond donors (Lipinski definition) is 1. The Morgan fingerprint density at radius 3 is 2.33 bits per heavy atom. The van der Waals surface area contributed by atoms with Crippen LogP contribution in [0.5, 0.6) is 0 Å². The molecular weight excluding hydrogens is 226 g/mol. The van der Waals surface area contributed by atoms with Crippen LogP contribution in [0, 0.1) is 11.8 Å². The van der Waals surface area contributed by atoms with Crippen LogP contribution < -0.4 is 5.73 Å². The summed E-state index contributed by atoms with van der Waals surface area (Å²) in [6, 6.07) is 0. The van der Waals surface area contributed by atoms with E-state index in [2.05, 4.69) is 9.89 Å². The Hall–Kier alpha value is -0.770. The standard InChI is InChI=1S/C14H25N3O/c1-18-9-8-17-13(15)16-10-14(17,11-4-2-5-11)12-6-3-7-12/h11-12H,2-10H2,1H3,(H2,15,16). The predicted molar refractivity (Wildman–Crippen MR) is 72.5 cm³/mol. The van der Waals surface area contributed by atoms with Crippen molar-refractivity contribution >= 4 is 5.96 Å². The lowest BCUT2D eigenvalue weighted by molar-refractivity contribution is -0.0276. The first kappa shape index (κ1) is 12.3. The Labute approximate surface area is 110 Å². The third kappa shape index (κ3) is 1.65. The minimum atomic E-state index is 0.249. The van der Waals surface area contributed by atoms with Gasteiger partial charge in [0.1, 0.15) is 0 Å². The summed E-state index contributed by atoms with van der Waals surface area (Å²) in [5.41, 5.74) is 6.40. The van der Waals surface area contributed by atoms with Crippen LogP contribution in [0.1, 0.15) is 38.5 Å². The quantitative estimate of drug-likeness (QED) is 0.807. The van der Waals surface area contributed by atoms with E-state index in [1.165, 1.54) is 38.5 Å². The van der Waals surface area contributed by atoms with Gasteiger partial charge >= 0.3 is 0 Å². The molecule has 0 atom stereocenters. The summed E-state index contributed by atoms with van der Waals surface area (Å²) in [7, 11) is 1.76. The van der Waals surface area contributed by atoms with Gasteiger partial charge in [-0.15, -0.1) is 0 Å². The van der Waals surface area contributed by atoms with Crippen LogP contribution in [-0.4, -0.2) is 43.2 Å². The second-order valence-electron chi connectivity index (χ2n) is 6.07. The van der Waals surface area contributed by atoms with Crippen LogP contribution in [0.4, 0.5) is 0 Å². The van der Waals surface area contributed by atoms with E-state index in [0.29, 0.717) is 0 Å². The molecule has 4 heteroatoms. The molecular formula is C14H25N3O. The third-order valence-corrected chi connectivity index (χ3v) is 5.42. The molecule has 2 aliphatic carbocycles. The number of guanidine groups is 1. The van der Waals surface area contributed by atoms with Crippen molar-refractivity contribution in [1.29, 1.82) is 0 Å². The zero-order chi connectivity index (χ0) is 12.6. The molecule has 0 radical (unpaired) electrons. The highest BCUT2D eigenvalue weighted by molar-refractivity contribution is 5.81. The Morgan fingerprint density at radius 2 is 1.89 bits per heavy atom. The van der Waals surface area contributed by atoms with Gasteiger partial charge < -0.3 is 15.4 Å². The van der Waals surface area contributed by atoms with Crippen LogP contribution in [0.2, 0.25) is 0 Å². The highest BCUT2D eigenvalue weighted by Crippen LogP contribution is 2.52. The van der Waals surface area contributed by atoms with Gasteiger partial charge in [0, 0.05) is 13.7 Å². The molecule has 1 heterocycles. The first-order chi connectivity index (χ1) is 8.79. The molecule has 102 valence electrons. The molecule has 0 saturated heterocycles. The highest BCUT2D eigenvalue weighted by atomic mass is 16.5. The Morgan fingerprint density at radius 1 is 1.28 bits per heavy atom. The second-order valence-corrected chi connectivity index (χ2v) is 6.07. The van der Waals surface area contributed by atoms with Gasteiger partial charge in [0.05, 0.1) is 18.7 Å². The van der Waals surface area contributed by atoms with E-state index in [4.69, 9.17) is 10.5 Å². The Bertz CT molecular complexity index is 320. The minimum absolute atomic E-state index is 0.249. The van der Waals surface area contributed by atoms with Crippen LogP contribution in [0.15, 0.2) is 4.99 Å². The van der Waals surface area contributed by atoms with E-state index in [0.717, 1.165) is 37.5 Å². The fourth-order valence-electron chi connectivity index (χ4n) is 3.95. The molecule has 0 unspecified atom stereocenters. The molecule has 2 saturated carbocycles. The first-order valence-corrected chi connectivity index (χ1v) is 7.35. The monoisotopic (exact) mass is 251 g/mol. The van der Waals surface area contributed by atoms with Gasteiger partial charge in [-0.25, -0.2) is 0 Å². The van der Waals surface area contributed by atoms with E-state index in [9.17, 15) is 0 Å². The fraction of sp³-hybridized carbons (Fsp3) is 0.929. The van der Waals surface area contributed by atoms with E-state index < -0.39 is 0 Å². The van der Waals surface area contributed by atoms with Gasteiger partial charge in [0.15, 0.2) is 5.96 Å². The summed E-state index contributed by atoms with van der Waals surface area (Å²) in [5.74, 6) is 2.37. The molecule has 2 N–H and O–H groups in total. The van der Waals surface area contributed by atoms with Crippen molar-refractivity contribution < 1.29 is 4.74 Å². The van der Waals surface area contributed by atoms with Crippen LogP contribution in [0.25, 0.3) is 0 Å². The summed E-state index contributed by atoms with van der Waals surface area (Å²) in [6.07, 6.45) is 8.23.